The molecule has 2 N–H and O–H groups in total. The predicted octanol–water partition coefficient (Wildman–Crippen LogP) is 2.83. The highest BCUT2D eigenvalue weighted by Crippen LogP contribution is 2.28. The Hall–Kier alpha value is -0.450. The number of nitrogens with one attached hydrogen (secondary N) is 1. The second-order valence-electron chi connectivity index (χ2n) is 5.30. The average Bonchev–Trinajstić information content (AvgIpc) is 2.92. The summed E-state index contributed by atoms with van der Waals surface area (Å²) >= 11 is 1.81. The van der Waals surface area contributed by atoms with E-state index in [9.17, 15) is 5.11 Å². The number of aliphatic hydroxyl groups is 1. The maximum absolute atomic E-state index is 9.82. The summed E-state index contributed by atoms with van der Waals surface area (Å²) in [5.74, 6) is 0.436. The molecule has 0 bridgehead atoms. The van der Waals surface area contributed by atoms with Crippen molar-refractivity contribution < 1.29 is 5.11 Å². The number of nitrogens with zero attached hydrogens (tertiary/aromatic N) is 1. The molecule has 4 heteroatoms. The van der Waals surface area contributed by atoms with E-state index in [1.54, 1.807) is 0 Å². The van der Waals surface area contributed by atoms with E-state index in [1.165, 1.54) is 16.3 Å². The van der Waals surface area contributed by atoms with Crippen LogP contribution in [0.5, 0.6) is 0 Å². The minimum Gasteiger partial charge on any atom is -0.393 e. The Balaban J connectivity index is 1.90. The summed E-state index contributed by atoms with van der Waals surface area (Å²) in [6.07, 6.45) is 4.21. The number of rotatable bonds is 5. The molecule has 1 aliphatic rings. The molecule has 1 aliphatic carbocycles. The van der Waals surface area contributed by atoms with Crippen LogP contribution in [0, 0.1) is 12.8 Å². The first-order chi connectivity index (χ1) is 8.61. The van der Waals surface area contributed by atoms with Gasteiger partial charge in [0, 0.05) is 17.5 Å². The van der Waals surface area contributed by atoms with Gasteiger partial charge in [0.05, 0.1) is 16.8 Å². The summed E-state index contributed by atoms with van der Waals surface area (Å²) in [6.45, 7) is 7.35. The van der Waals surface area contributed by atoms with Crippen LogP contribution in [-0.2, 0) is 6.42 Å². The van der Waals surface area contributed by atoms with Gasteiger partial charge in [-0.3, -0.25) is 0 Å². The number of aryl methyl sites for hydroxylation is 2. The topological polar surface area (TPSA) is 45.2 Å². The fourth-order valence-corrected chi connectivity index (χ4v) is 3.73. The molecule has 0 spiro atoms. The predicted molar refractivity (Wildman–Crippen MR) is 76.0 cm³/mol. The van der Waals surface area contributed by atoms with Crippen LogP contribution in [0.25, 0.3) is 0 Å². The number of thiazole rings is 1. The van der Waals surface area contributed by atoms with Crippen LogP contribution < -0.4 is 5.32 Å². The molecule has 1 fully saturated rings. The molecule has 0 amide bonds. The first-order valence-corrected chi connectivity index (χ1v) is 7.81. The third-order valence-electron chi connectivity index (χ3n) is 3.88. The van der Waals surface area contributed by atoms with Gasteiger partial charge in [0.2, 0.25) is 0 Å². The van der Waals surface area contributed by atoms with Crippen molar-refractivity contribution in [3.05, 3.63) is 15.6 Å². The maximum Gasteiger partial charge on any atom is 0.0928 e. The minimum atomic E-state index is -0.0986. The highest BCUT2D eigenvalue weighted by Gasteiger charge is 2.25. The quantitative estimate of drug-likeness (QED) is 0.863. The lowest BCUT2D eigenvalue weighted by Gasteiger charge is -2.19. The summed E-state index contributed by atoms with van der Waals surface area (Å²) in [7, 11) is 0. The van der Waals surface area contributed by atoms with Gasteiger partial charge in [-0.05, 0) is 39.0 Å². The van der Waals surface area contributed by atoms with E-state index >= 15 is 0 Å². The third-order valence-corrected chi connectivity index (χ3v) is 5.36. The number of hydrogen-bond donors (Lipinski definition) is 2. The van der Waals surface area contributed by atoms with E-state index < -0.39 is 0 Å². The molecule has 3 unspecified atom stereocenters. The van der Waals surface area contributed by atoms with E-state index in [4.69, 9.17) is 0 Å². The zero-order valence-electron chi connectivity index (χ0n) is 11.6. The zero-order valence-corrected chi connectivity index (χ0v) is 12.4. The van der Waals surface area contributed by atoms with Crippen molar-refractivity contribution in [3.63, 3.8) is 0 Å². The first-order valence-electron chi connectivity index (χ1n) is 6.99. The van der Waals surface area contributed by atoms with Gasteiger partial charge in [0.15, 0.2) is 0 Å². The summed E-state index contributed by atoms with van der Waals surface area (Å²) in [5.41, 5.74) is 1.16. The molecule has 0 radical (unpaired) electrons. The fraction of sp³-hybridized carbons (Fsp3) is 0.786. The van der Waals surface area contributed by atoms with E-state index in [0.717, 1.165) is 31.5 Å². The molecule has 1 saturated carbocycles. The van der Waals surface area contributed by atoms with Crippen LogP contribution >= 0.6 is 11.3 Å². The standard InChI is InChI=1S/C14H24N2OS/c1-4-13-16-10(3)14(18-13)9(2)15-8-11-6-5-7-12(11)17/h9,11-12,15,17H,4-8H2,1-3H3. The van der Waals surface area contributed by atoms with Crippen molar-refractivity contribution in [2.75, 3.05) is 6.54 Å². The maximum atomic E-state index is 9.82. The van der Waals surface area contributed by atoms with Gasteiger partial charge in [-0.25, -0.2) is 4.98 Å². The molecule has 3 atom stereocenters. The van der Waals surface area contributed by atoms with Crippen LogP contribution in [0.15, 0.2) is 0 Å². The smallest absolute Gasteiger partial charge is 0.0928 e. The molecular formula is C14H24N2OS. The Labute approximate surface area is 114 Å². The highest BCUT2D eigenvalue weighted by atomic mass is 32.1. The Bertz CT molecular complexity index is 391. The molecule has 0 aromatic carbocycles. The van der Waals surface area contributed by atoms with Gasteiger partial charge in [-0.2, -0.15) is 0 Å². The molecule has 1 aromatic rings. The molecule has 2 rings (SSSR count). The largest absolute Gasteiger partial charge is 0.393 e. The van der Waals surface area contributed by atoms with Crippen LogP contribution in [0.4, 0.5) is 0 Å². The minimum absolute atomic E-state index is 0.0986. The monoisotopic (exact) mass is 268 g/mol. The van der Waals surface area contributed by atoms with E-state index in [-0.39, 0.29) is 6.10 Å². The van der Waals surface area contributed by atoms with Gasteiger partial charge in [0.1, 0.15) is 0 Å². The number of aliphatic hydroxyl groups excluding tert-OH is 1. The molecule has 18 heavy (non-hydrogen) atoms. The van der Waals surface area contributed by atoms with Gasteiger partial charge in [-0.1, -0.05) is 13.3 Å². The van der Waals surface area contributed by atoms with Gasteiger partial charge in [-0.15, -0.1) is 11.3 Å². The van der Waals surface area contributed by atoms with E-state index in [0.29, 0.717) is 12.0 Å². The molecule has 1 aromatic heterocycles. The van der Waals surface area contributed by atoms with Crippen LogP contribution in [0.3, 0.4) is 0 Å². The summed E-state index contributed by atoms with van der Waals surface area (Å²) in [5, 5.41) is 14.6. The van der Waals surface area contributed by atoms with Gasteiger partial charge in [0.25, 0.3) is 0 Å². The fourth-order valence-electron chi connectivity index (χ4n) is 2.69. The number of aromatic nitrogens is 1. The van der Waals surface area contributed by atoms with Crippen molar-refractivity contribution in [1.29, 1.82) is 0 Å². The highest BCUT2D eigenvalue weighted by molar-refractivity contribution is 7.11. The second kappa shape index (κ2) is 6.13. The van der Waals surface area contributed by atoms with Crippen molar-refractivity contribution in [1.82, 2.24) is 10.3 Å². The second-order valence-corrected chi connectivity index (χ2v) is 6.41. The number of hydrogen-bond acceptors (Lipinski definition) is 4. The van der Waals surface area contributed by atoms with Crippen molar-refractivity contribution in [3.8, 4) is 0 Å². The molecule has 3 nitrogen and oxygen atoms in total. The molecule has 102 valence electrons. The van der Waals surface area contributed by atoms with E-state index in [1.807, 2.05) is 11.3 Å². The lowest BCUT2D eigenvalue weighted by atomic mass is 10.1. The molecule has 0 aliphatic heterocycles. The molecular weight excluding hydrogens is 244 g/mol. The van der Waals surface area contributed by atoms with Crippen molar-refractivity contribution in [2.45, 2.75) is 58.6 Å². The summed E-state index contributed by atoms with van der Waals surface area (Å²) < 4.78 is 0. The van der Waals surface area contributed by atoms with Gasteiger partial charge >= 0.3 is 0 Å². The average molecular weight is 268 g/mol. The van der Waals surface area contributed by atoms with Crippen molar-refractivity contribution in [2.24, 2.45) is 5.92 Å². The normalized spacial score (nSPS) is 25.6. The lowest BCUT2D eigenvalue weighted by Crippen LogP contribution is -2.29. The Morgan fingerprint density at radius 3 is 2.83 bits per heavy atom. The summed E-state index contributed by atoms with van der Waals surface area (Å²) in [4.78, 5) is 5.92. The molecule has 0 saturated heterocycles. The Morgan fingerprint density at radius 1 is 1.50 bits per heavy atom. The zero-order chi connectivity index (χ0) is 13.1. The first kappa shape index (κ1) is 14.0. The van der Waals surface area contributed by atoms with Crippen LogP contribution in [0.2, 0.25) is 0 Å². The molecule has 1 heterocycles. The van der Waals surface area contributed by atoms with E-state index in [2.05, 4.69) is 31.1 Å². The Kier molecular flexibility index (Phi) is 4.76. The third kappa shape index (κ3) is 3.11. The van der Waals surface area contributed by atoms with Gasteiger partial charge < -0.3 is 10.4 Å². The SMILES string of the molecule is CCc1nc(C)c(C(C)NCC2CCCC2O)s1. The Morgan fingerprint density at radius 2 is 2.28 bits per heavy atom. The van der Waals surface area contributed by atoms with Crippen molar-refractivity contribution >= 4 is 11.3 Å². The summed E-state index contributed by atoms with van der Waals surface area (Å²) in [6, 6.07) is 0.343. The lowest BCUT2D eigenvalue weighted by molar-refractivity contribution is 0.130. The van der Waals surface area contributed by atoms with Crippen LogP contribution in [-0.4, -0.2) is 22.7 Å². The van der Waals surface area contributed by atoms with Crippen LogP contribution in [0.1, 0.15) is 54.7 Å².